The number of rotatable bonds is 3. The van der Waals surface area contributed by atoms with Crippen LogP contribution in [-0.2, 0) is 6.42 Å². The van der Waals surface area contributed by atoms with Gasteiger partial charge in [0.05, 0.1) is 5.69 Å². The first kappa shape index (κ1) is 32.6. The van der Waals surface area contributed by atoms with Gasteiger partial charge in [-0.2, -0.15) is 0 Å². The Bertz CT molecular complexity index is 3700. The third-order valence-corrected chi connectivity index (χ3v) is 12.9. The second kappa shape index (κ2) is 12.3. The van der Waals surface area contributed by atoms with Gasteiger partial charge < -0.3 is 13.3 Å². The summed E-state index contributed by atoms with van der Waals surface area (Å²) < 4.78 is 20.0. The van der Waals surface area contributed by atoms with E-state index in [1.807, 2.05) is 30.3 Å². The van der Waals surface area contributed by atoms with E-state index in [0.29, 0.717) is 0 Å². The van der Waals surface area contributed by atoms with Gasteiger partial charge in [0, 0.05) is 43.8 Å². The van der Waals surface area contributed by atoms with Crippen molar-refractivity contribution in [2.45, 2.75) is 25.7 Å². The van der Waals surface area contributed by atoms with Crippen LogP contribution in [-0.4, -0.2) is 4.98 Å². The Morgan fingerprint density at radius 3 is 1.92 bits per heavy atom. The minimum absolute atomic E-state index is 0.0288. The Kier molecular flexibility index (Phi) is 6.80. The normalized spacial score (nSPS) is 14.2. The standard InChI is InChI=1S/C55H35NO3/c1-31-48-39-20-9-12-25-45(39)58-55(48)53(42-23-13-22-41-51-47(59-54(41)42)29-28-46-50(51)40-21-10-11-24-44(40)57-46)56-52(31)38-27-26-33-30-43(32-14-3-2-4-15-32)35-17-6-8-19-37(35)49(33)36-18-7-5-16-34(36)38/h2-25,28-30,38H,26-27H2,1H3. The average Bonchev–Trinajstić information content (AvgIpc) is 3.96. The van der Waals surface area contributed by atoms with Crippen LogP contribution < -0.4 is 0 Å². The number of aromatic nitrogens is 1. The Balaban J connectivity index is 1.08. The molecule has 4 nitrogen and oxygen atoms in total. The van der Waals surface area contributed by atoms with Gasteiger partial charge in [-0.3, -0.25) is 0 Å². The summed E-state index contributed by atoms with van der Waals surface area (Å²) >= 11 is 0. The fourth-order valence-corrected chi connectivity index (χ4v) is 10.4. The van der Waals surface area contributed by atoms with Crippen LogP contribution in [0.25, 0.3) is 110 Å². The monoisotopic (exact) mass is 757 g/mol. The lowest BCUT2D eigenvalue weighted by Crippen LogP contribution is -2.08. The molecule has 0 saturated carbocycles. The molecule has 1 aliphatic rings. The molecular formula is C55H35NO3. The molecule has 13 rings (SSSR count). The number of pyridine rings is 1. The molecule has 0 N–H and O–H groups in total. The summed E-state index contributed by atoms with van der Waals surface area (Å²) in [6, 6.07) is 58.3. The number of hydrogen-bond donors (Lipinski definition) is 0. The molecule has 12 aromatic rings. The van der Waals surface area contributed by atoms with Crippen molar-refractivity contribution in [3.63, 3.8) is 0 Å². The maximum Gasteiger partial charge on any atom is 0.162 e. The maximum absolute atomic E-state index is 6.89. The van der Waals surface area contributed by atoms with Gasteiger partial charge in [0.1, 0.15) is 33.6 Å². The zero-order valence-electron chi connectivity index (χ0n) is 32.3. The molecule has 4 aromatic heterocycles. The van der Waals surface area contributed by atoms with Gasteiger partial charge in [0.25, 0.3) is 0 Å². The molecule has 4 heteroatoms. The summed E-state index contributed by atoms with van der Waals surface area (Å²) in [6.45, 7) is 2.24. The molecule has 1 atom stereocenters. The second-order valence-corrected chi connectivity index (χ2v) is 16.0. The van der Waals surface area contributed by atoms with Crippen molar-refractivity contribution in [2.24, 2.45) is 0 Å². The molecule has 0 saturated heterocycles. The van der Waals surface area contributed by atoms with E-state index in [1.54, 1.807) is 0 Å². The summed E-state index contributed by atoms with van der Waals surface area (Å²) in [5.74, 6) is 0.0288. The summed E-state index contributed by atoms with van der Waals surface area (Å²) in [5, 5.41) is 8.98. The number of hydrogen-bond acceptors (Lipinski definition) is 4. The number of furan rings is 3. The summed E-state index contributed by atoms with van der Waals surface area (Å²) in [5.41, 5.74) is 16.7. The van der Waals surface area contributed by atoms with E-state index in [2.05, 4.69) is 140 Å². The van der Waals surface area contributed by atoms with Crippen molar-refractivity contribution in [2.75, 3.05) is 0 Å². The van der Waals surface area contributed by atoms with E-state index in [0.717, 1.165) is 101 Å². The van der Waals surface area contributed by atoms with E-state index in [9.17, 15) is 0 Å². The fraction of sp³-hybridized carbons (Fsp3) is 0.0727. The van der Waals surface area contributed by atoms with E-state index in [1.165, 1.54) is 44.2 Å². The molecule has 0 aliphatic heterocycles. The lowest BCUT2D eigenvalue weighted by Gasteiger charge is -2.21. The van der Waals surface area contributed by atoms with Crippen LogP contribution in [0.3, 0.4) is 0 Å². The Hall–Kier alpha value is -7.43. The zero-order chi connectivity index (χ0) is 38.8. The molecule has 0 bridgehead atoms. The van der Waals surface area contributed by atoms with Gasteiger partial charge in [-0.15, -0.1) is 0 Å². The Morgan fingerprint density at radius 1 is 0.475 bits per heavy atom. The SMILES string of the molecule is Cc1c(C2CCc3cc(-c4ccccc4)c4ccccc4c3-c3ccccc32)nc(-c2cccc3c2oc2ccc4oc5ccccc5c4c23)c2oc3ccccc3c12. The number of para-hydroxylation sites is 3. The Morgan fingerprint density at radius 2 is 1.08 bits per heavy atom. The highest BCUT2D eigenvalue weighted by molar-refractivity contribution is 6.27. The van der Waals surface area contributed by atoms with Gasteiger partial charge in [-0.25, -0.2) is 4.98 Å². The number of aryl methyl sites for hydroxylation is 2. The maximum atomic E-state index is 6.89. The van der Waals surface area contributed by atoms with Gasteiger partial charge in [-0.05, 0) is 106 Å². The third-order valence-electron chi connectivity index (χ3n) is 12.9. The highest BCUT2D eigenvalue weighted by Crippen LogP contribution is 2.50. The zero-order valence-corrected chi connectivity index (χ0v) is 32.3. The topological polar surface area (TPSA) is 52.3 Å². The van der Waals surface area contributed by atoms with Gasteiger partial charge in [0.15, 0.2) is 5.58 Å². The van der Waals surface area contributed by atoms with Crippen molar-refractivity contribution >= 4 is 76.6 Å². The highest BCUT2D eigenvalue weighted by Gasteiger charge is 2.31. The van der Waals surface area contributed by atoms with Crippen LogP contribution in [0.2, 0.25) is 0 Å². The van der Waals surface area contributed by atoms with Crippen LogP contribution >= 0.6 is 0 Å². The number of nitrogens with zero attached hydrogens (tertiary/aromatic N) is 1. The van der Waals surface area contributed by atoms with Crippen molar-refractivity contribution in [3.05, 3.63) is 186 Å². The van der Waals surface area contributed by atoms with Crippen LogP contribution in [0.1, 0.15) is 34.7 Å². The minimum atomic E-state index is 0.0288. The quantitative estimate of drug-likeness (QED) is 0.180. The van der Waals surface area contributed by atoms with Crippen molar-refractivity contribution in [3.8, 4) is 33.5 Å². The molecule has 59 heavy (non-hydrogen) atoms. The highest BCUT2D eigenvalue weighted by atomic mass is 16.3. The van der Waals surface area contributed by atoms with Gasteiger partial charge in [-0.1, -0.05) is 127 Å². The molecule has 0 fully saturated rings. The van der Waals surface area contributed by atoms with Crippen molar-refractivity contribution < 1.29 is 13.3 Å². The third kappa shape index (κ3) is 4.63. The lowest BCUT2D eigenvalue weighted by atomic mass is 9.84. The smallest absolute Gasteiger partial charge is 0.162 e. The summed E-state index contributed by atoms with van der Waals surface area (Å²) in [4.78, 5) is 5.77. The number of benzene rings is 8. The average molecular weight is 758 g/mol. The van der Waals surface area contributed by atoms with E-state index in [4.69, 9.17) is 18.2 Å². The fourth-order valence-electron chi connectivity index (χ4n) is 10.4. The first-order chi connectivity index (χ1) is 29.2. The summed E-state index contributed by atoms with van der Waals surface area (Å²) in [6.07, 6.45) is 1.82. The minimum Gasteiger partial charge on any atom is -0.456 e. The Labute approximate surface area is 338 Å². The molecule has 8 aromatic carbocycles. The largest absolute Gasteiger partial charge is 0.456 e. The van der Waals surface area contributed by atoms with Crippen molar-refractivity contribution in [1.82, 2.24) is 4.98 Å². The lowest BCUT2D eigenvalue weighted by molar-refractivity contribution is 0.658. The predicted molar refractivity (Wildman–Crippen MR) is 241 cm³/mol. The van der Waals surface area contributed by atoms with Gasteiger partial charge >= 0.3 is 0 Å². The van der Waals surface area contributed by atoms with Crippen LogP contribution in [0, 0.1) is 6.92 Å². The molecule has 1 unspecified atom stereocenters. The molecule has 1 aliphatic carbocycles. The molecule has 0 radical (unpaired) electrons. The van der Waals surface area contributed by atoms with Crippen molar-refractivity contribution in [1.29, 1.82) is 0 Å². The van der Waals surface area contributed by atoms with Crippen LogP contribution in [0.15, 0.2) is 177 Å². The molecular weight excluding hydrogens is 723 g/mol. The summed E-state index contributed by atoms with van der Waals surface area (Å²) in [7, 11) is 0. The van der Waals surface area contributed by atoms with Gasteiger partial charge in [0.2, 0.25) is 0 Å². The van der Waals surface area contributed by atoms with E-state index in [-0.39, 0.29) is 5.92 Å². The predicted octanol–water partition coefficient (Wildman–Crippen LogP) is 15.3. The molecule has 0 amide bonds. The molecule has 278 valence electrons. The molecule has 4 heterocycles. The van der Waals surface area contributed by atoms with E-state index >= 15 is 0 Å². The number of fused-ring (bicyclic) bond motifs is 15. The molecule has 0 spiro atoms. The second-order valence-electron chi connectivity index (χ2n) is 16.0. The van der Waals surface area contributed by atoms with Crippen LogP contribution in [0.4, 0.5) is 0 Å². The van der Waals surface area contributed by atoms with Crippen LogP contribution in [0.5, 0.6) is 0 Å². The first-order valence-corrected chi connectivity index (χ1v) is 20.5. The first-order valence-electron chi connectivity index (χ1n) is 20.5. The van der Waals surface area contributed by atoms with E-state index < -0.39 is 0 Å².